The molecule has 0 saturated heterocycles. The molecule has 1 aromatic rings. The average Bonchev–Trinajstić information content (AvgIpc) is 2.10. The number of nitrogens with two attached hydrogens (primary N) is 1. The van der Waals surface area contributed by atoms with Gasteiger partial charge in [0.1, 0.15) is 5.75 Å². The summed E-state index contributed by atoms with van der Waals surface area (Å²) < 4.78 is 39.1. The summed E-state index contributed by atoms with van der Waals surface area (Å²) in [7, 11) is 0. The first kappa shape index (κ1) is 12.6. The van der Waals surface area contributed by atoms with Gasteiger partial charge in [0.05, 0.1) is 15.7 Å². The van der Waals surface area contributed by atoms with Gasteiger partial charge in [-0.05, 0) is 28.1 Å². The summed E-state index contributed by atoms with van der Waals surface area (Å²) >= 11 is 2.74. The van der Waals surface area contributed by atoms with E-state index in [0.717, 1.165) is 12.1 Å². The van der Waals surface area contributed by atoms with E-state index in [9.17, 15) is 18.0 Å². The summed E-state index contributed by atoms with van der Waals surface area (Å²) in [5.41, 5.74) is 4.70. The van der Waals surface area contributed by atoms with E-state index >= 15 is 0 Å². The molecule has 4 nitrogen and oxygen atoms in total. The lowest BCUT2D eigenvalue weighted by atomic mass is 10.2. The van der Waals surface area contributed by atoms with Crippen LogP contribution in [0.15, 0.2) is 16.6 Å². The third kappa shape index (κ3) is 2.78. The van der Waals surface area contributed by atoms with E-state index in [1.165, 1.54) is 0 Å². The number of carboxylic acid groups (broad SMARTS) is 1. The van der Waals surface area contributed by atoms with Gasteiger partial charge in [0.25, 0.3) is 0 Å². The van der Waals surface area contributed by atoms with Crippen molar-refractivity contribution in [2.45, 2.75) is 6.36 Å². The first-order valence-corrected chi connectivity index (χ1v) is 4.58. The Morgan fingerprint density at radius 1 is 1.44 bits per heavy atom. The van der Waals surface area contributed by atoms with Crippen LogP contribution in [-0.2, 0) is 0 Å². The van der Waals surface area contributed by atoms with E-state index < -0.39 is 18.1 Å². The van der Waals surface area contributed by atoms with Gasteiger partial charge in [-0.3, -0.25) is 0 Å². The quantitative estimate of drug-likeness (QED) is 0.824. The molecule has 0 spiro atoms. The van der Waals surface area contributed by atoms with E-state index in [-0.39, 0.29) is 15.7 Å². The lowest BCUT2D eigenvalue weighted by Crippen LogP contribution is -2.18. The number of aromatic carboxylic acids is 1. The normalized spacial score (nSPS) is 11.2. The summed E-state index contributed by atoms with van der Waals surface area (Å²) in [6.45, 7) is 0. The topological polar surface area (TPSA) is 72.6 Å². The Hall–Kier alpha value is -1.44. The van der Waals surface area contributed by atoms with Crippen LogP contribution in [0.1, 0.15) is 10.4 Å². The molecular weight excluding hydrogens is 295 g/mol. The van der Waals surface area contributed by atoms with Crippen LogP contribution >= 0.6 is 15.9 Å². The molecule has 0 aromatic heterocycles. The number of rotatable bonds is 2. The van der Waals surface area contributed by atoms with Crippen LogP contribution in [0, 0.1) is 0 Å². The highest BCUT2D eigenvalue weighted by Crippen LogP contribution is 2.36. The number of carboxylic acids is 1. The highest BCUT2D eigenvalue weighted by Gasteiger charge is 2.32. The zero-order chi connectivity index (χ0) is 12.5. The largest absolute Gasteiger partial charge is 0.573 e. The first-order valence-electron chi connectivity index (χ1n) is 3.79. The predicted molar refractivity (Wildman–Crippen MR) is 52.2 cm³/mol. The van der Waals surface area contributed by atoms with E-state index in [2.05, 4.69) is 20.7 Å². The van der Waals surface area contributed by atoms with Gasteiger partial charge >= 0.3 is 12.3 Å². The Labute approximate surface area is 95.9 Å². The molecule has 0 amide bonds. The monoisotopic (exact) mass is 299 g/mol. The molecule has 0 fully saturated rings. The fourth-order valence-electron chi connectivity index (χ4n) is 0.963. The van der Waals surface area contributed by atoms with Crippen LogP contribution < -0.4 is 10.5 Å². The Morgan fingerprint density at radius 2 is 2.00 bits per heavy atom. The number of anilines is 1. The minimum atomic E-state index is -4.86. The van der Waals surface area contributed by atoms with Gasteiger partial charge in [-0.15, -0.1) is 13.2 Å². The van der Waals surface area contributed by atoms with Crippen LogP contribution in [0.25, 0.3) is 0 Å². The summed E-state index contributed by atoms with van der Waals surface area (Å²) in [5.74, 6) is -1.92. The van der Waals surface area contributed by atoms with Crippen molar-refractivity contribution < 1.29 is 27.8 Å². The summed E-state index contributed by atoms with van der Waals surface area (Å²) in [6.07, 6.45) is -4.86. The highest BCUT2D eigenvalue weighted by molar-refractivity contribution is 9.10. The molecule has 0 radical (unpaired) electrons. The standard InChI is InChI=1S/C8H5BrF3NO3/c9-5-4(16-8(10,11)12)2-1-3(6(5)13)7(14)15/h1-2H,13H2,(H,14,15). The number of benzene rings is 1. The smallest absolute Gasteiger partial charge is 0.478 e. The van der Waals surface area contributed by atoms with Crippen LogP contribution in [0.4, 0.5) is 18.9 Å². The van der Waals surface area contributed by atoms with Gasteiger partial charge < -0.3 is 15.6 Å². The maximum absolute atomic E-state index is 11.9. The van der Waals surface area contributed by atoms with Gasteiger partial charge in [-0.25, -0.2) is 4.79 Å². The number of carbonyl (C=O) groups is 1. The SMILES string of the molecule is Nc1c(C(=O)O)ccc(OC(F)(F)F)c1Br. The second-order valence-corrected chi connectivity index (χ2v) is 3.48. The van der Waals surface area contributed by atoms with Crippen molar-refractivity contribution in [1.82, 2.24) is 0 Å². The van der Waals surface area contributed by atoms with E-state index in [4.69, 9.17) is 10.8 Å². The fraction of sp³-hybridized carbons (Fsp3) is 0.125. The van der Waals surface area contributed by atoms with Crippen molar-refractivity contribution in [3.8, 4) is 5.75 Å². The van der Waals surface area contributed by atoms with E-state index in [1.807, 2.05) is 0 Å². The van der Waals surface area contributed by atoms with Crippen molar-refractivity contribution in [2.75, 3.05) is 5.73 Å². The molecule has 0 bridgehead atoms. The molecule has 0 aliphatic carbocycles. The van der Waals surface area contributed by atoms with Crippen LogP contribution in [0.5, 0.6) is 5.75 Å². The summed E-state index contributed by atoms with van der Waals surface area (Å²) in [4.78, 5) is 10.6. The molecule has 0 unspecified atom stereocenters. The number of alkyl halides is 3. The zero-order valence-corrected chi connectivity index (χ0v) is 9.09. The molecule has 0 atom stereocenters. The number of hydrogen-bond donors (Lipinski definition) is 2. The average molecular weight is 300 g/mol. The third-order valence-corrected chi connectivity index (χ3v) is 2.42. The second kappa shape index (κ2) is 4.20. The van der Waals surface area contributed by atoms with Gasteiger partial charge in [-0.1, -0.05) is 0 Å². The minimum absolute atomic E-state index is 0.246. The molecule has 1 rings (SSSR count). The van der Waals surface area contributed by atoms with Crippen molar-refractivity contribution in [2.24, 2.45) is 0 Å². The Bertz CT molecular complexity index is 433. The van der Waals surface area contributed by atoms with Crippen LogP contribution in [-0.4, -0.2) is 17.4 Å². The van der Waals surface area contributed by atoms with Crippen LogP contribution in [0.3, 0.4) is 0 Å². The van der Waals surface area contributed by atoms with Crippen molar-refractivity contribution in [1.29, 1.82) is 0 Å². The number of ether oxygens (including phenoxy) is 1. The van der Waals surface area contributed by atoms with Gasteiger partial charge in [0.15, 0.2) is 0 Å². The van der Waals surface area contributed by atoms with Gasteiger partial charge in [0, 0.05) is 0 Å². The number of hydrogen-bond acceptors (Lipinski definition) is 3. The summed E-state index contributed by atoms with van der Waals surface area (Å²) in [6, 6.07) is 1.81. The molecule has 88 valence electrons. The Morgan fingerprint density at radius 3 is 2.44 bits per heavy atom. The van der Waals surface area contributed by atoms with E-state index in [1.54, 1.807) is 0 Å². The molecule has 3 N–H and O–H groups in total. The molecule has 0 aliphatic rings. The molecule has 16 heavy (non-hydrogen) atoms. The lowest BCUT2D eigenvalue weighted by molar-refractivity contribution is -0.274. The molecule has 0 aliphatic heterocycles. The highest BCUT2D eigenvalue weighted by atomic mass is 79.9. The van der Waals surface area contributed by atoms with Crippen molar-refractivity contribution >= 4 is 27.6 Å². The van der Waals surface area contributed by atoms with Crippen molar-refractivity contribution in [3.63, 3.8) is 0 Å². The maximum Gasteiger partial charge on any atom is 0.573 e. The van der Waals surface area contributed by atoms with Crippen LogP contribution in [0.2, 0.25) is 0 Å². The van der Waals surface area contributed by atoms with E-state index in [0.29, 0.717) is 0 Å². The third-order valence-electron chi connectivity index (χ3n) is 1.60. The van der Waals surface area contributed by atoms with Gasteiger partial charge in [0.2, 0.25) is 0 Å². The lowest BCUT2D eigenvalue weighted by Gasteiger charge is -2.12. The van der Waals surface area contributed by atoms with Gasteiger partial charge in [-0.2, -0.15) is 0 Å². The molecule has 8 heteroatoms. The number of nitrogen functional groups attached to an aromatic ring is 1. The first-order chi connectivity index (χ1) is 7.22. The minimum Gasteiger partial charge on any atom is -0.478 e. The molecule has 0 heterocycles. The molecule has 0 saturated carbocycles. The van der Waals surface area contributed by atoms with Crippen molar-refractivity contribution in [3.05, 3.63) is 22.2 Å². The summed E-state index contributed by atoms with van der Waals surface area (Å²) in [5, 5.41) is 8.65. The number of halogens is 4. The predicted octanol–water partition coefficient (Wildman–Crippen LogP) is 2.63. The fourth-order valence-corrected chi connectivity index (χ4v) is 1.39. The molecular formula is C8H5BrF3NO3. The molecule has 1 aromatic carbocycles. The Kier molecular flexibility index (Phi) is 3.32. The second-order valence-electron chi connectivity index (χ2n) is 2.69. The maximum atomic E-state index is 11.9. The Balaban J connectivity index is 3.17. The zero-order valence-electron chi connectivity index (χ0n) is 7.51.